The standard InChI is InChI=1S/C12H19NO/c1-2-3-7-10-13-12(14)11-8-5-4-6-9-11/h11H,4-10H2,1H3,(H,13,14). The second-order valence-corrected chi connectivity index (χ2v) is 3.80. The first-order valence-electron chi connectivity index (χ1n) is 5.52. The number of nitrogens with one attached hydrogen (secondary N) is 1. The van der Waals surface area contributed by atoms with E-state index < -0.39 is 0 Å². The maximum Gasteiger partial charge on any atom is 0.223 e. The van der Waals surface area contributed by atoms with Crippen molar-refractivity contribution in [2.75, 3.05) is 6.54 Å². The van der Waals surface area contributed by atoms with Crippen molar-refractivity contribution < 1.29 is 4.79 Å². The van der Waals surface area contributed by atoms with Crippen LogP contribution in [0.2, 0.25) is 0 Å². The molecule has 1 rings (SSSR count). The van der Waals surface area contributed by atoms with Crippen molar-refractivity contribution in [2.45, 2.75) is 45.4 Å². The Morgan fingerprint density at radius 2 is 2.07 bits per heavy atom. The van der Waals surface area contributed by atoms with Gasteiger partial charge in [0.15, 0.2) is 0 Å². The SMILES string of the molecule is CC#CCCNC(=O)C1CCCCC1. The normalized spacial score (nSPS) is 16.9. The highest BCUT2D eigenvalue weighted by molar-refractivity contribution is 5.78. The molecule has 1 N–H and O–H groups in total. The summed E-state index contributed by atoms with van der Waals surface area (Å²) in [5.74, 6) is 6.28. The van der Waals surface area contributed by atoms with Crippen molar-refractivity contribution in [1.82, 2.24) is 5.32 Å². The van der Waals surface area contributed by atoms with Gasteiger partial charge in [0.05, 0.1) is 0 Å². The fourth-order valence-electron chi connectivity index (χ4n) is 1.88. The molecular formula is C12H19NO. The van der Waals surface area contributed by atoms with Crippen LogP contribution in [0.4, 0.5) is 0 Å². The van der Waals surface area contributed by atoms with E-state index in [0.29, 0.717) is 6.54 Å². The lowest BCUT2D eigenvalue weighted by atomic mass is 9.89. The van der Waals surface area contributed by atoms with Crippen LogP contribution < -0.4 is 5.32 Å². The minimum Gasteiger partial charge on any atom is -0.355 e. The second-order valence-electron chi connectivity index (χ2n) is 3.80. The first kappa shape index (κ1) is 11.1. The van der Waals surface area contributed by atoms with Crippen LogP contribution in [0, 0.1) is 17.8 Å². The Bertz CT molecular complexity index is 230. The Balaban J connectivity index is 2.15. The van der Waals surface area contributed by atoms with E-state index in [9.17, 15) is 4.79 Å². The number of hydrogen-bond donors (Lipinski definition) is 1. The Hall–Kier alpha value is -0.970. The third-order valence-corrected chi connectivity index (χ3v) is 2.70. The largest absolute Gasteiger partial charge is 0.355 e. The molecule has 0 heterocycles. The Morgan fingerprint density at radius 3 is 2.71 bits per heavy atom. The summed E-state index contributed by atoms with van der Waals surface area (Å²) in [4.78, 5) is 11.6. The van der Waals surface area contributed by atoms with Gasteiger partial charge in [0.25, 0.3) is 0 Å². The Labute approximate surface area is 86.5 Å². The highest BCUT2D eigenvalue weighted by atomic mass is 16.1. The topological polar surface area (TPSA) is 29.1 Å². The molecule has 1 aliphatic carbocycles. The molecule has 2 nitrogen and oxygen atoms in total. The molecule has 0 spiro atoms. The van der Waals surface area contributed by atoms with Gasteiger partial charge in [0.2, 0.25) is 5.91 Å². The quantitative estimate of drug-likeness (QED) is 0.539. The molecule has 0 aromatic carbocycles. The van der Waals surface area contributed by atoms with Gasteiger partial charge in [-0.25, -0.2) is 0 Å². The van der Waals surface area contributed by atoms with E-state index in [2.05, 4.69) is 17.2 Å². The number of hydrogen-bond acceptors (Lipinski definition) is 1. The third-order valence-electron chi connectivity index (χ3n) is 2.70. The van der Waals surface area contributed by atoms with E-state index >= 15 is 0 Å². The first-order chi connectivity index (χ1) is 6.84. The van der Waals surface area contributed by atoms with E-state index in [1.54, 1.807) is 0 Å². The van der Waals surface area contributed by atoms with Crippen molar-refractivity contribution in [1.29, 1.82) is 0 Å². The van der Waals surface area contributed by atoms with E-state index in [-0.39, 0.29) is 11.8 Å². The summed E-state index contributed by atoms with van der Waals surface area (Å²) < 4.78 is 0. The molecular weight excluding hydrogens is 174 g/mol. The molecule has 0 aromatic heterocycles. The molecule has 0 radical (unpaired) electrons. The lowest BCUT2D eigenvalue weighted by Crippen LogP contribution is -2.32. The maximum absolute atomic E-state index is 11.6. The van der Waals surface area contributed by atoms with Crippen molar-refractivity contribution in [2.24, 2.45) is 5.92 Å². The first-order valence-corrected chi connectivity index (χ1v) is 5.52. The molecule has 0 aromatic rings. The van der Waals surface area contributed by atoms with Gasteiger partial charge in [0.1, 0.15) is 0 Å². The maximum atomic E-state index is 11.6. The van der Waals surface area contributed by atoms with Gasteiger partial charge in [-0.1, -0.05) is 19.3 Å². The van der Waals surface area contributed by atoms with E-state index in [0.717, 1.165) is 19.3 Å². The number of carbonyl (C=O) groups excluding carboxylic acids is 1. The summed E-state index contributed by atoms with van der Waals surface area (Å²) in [6.45, 7) is 2.53. The van der Waals surface area contributed by atoms with E-state index in [1.165, 1.54) is 19.3 Å². The molecule has 1 amide bonds. The van der Waals surface area contributed by atoms with Crippen LogP contribution in [-0.2, 0) is 4.79 Å². The van der Waals surface area contributed by atoms with Crippen LogP contribution in [-0.4, -0.2) is 12.5 Å². The minimum absolute atomic E-state index is 0.239. The molecule has 2 heteroatoms. The third kappa shape index (κ3) is 3.83. The van der Waals surface area contributed by atoms with Gasteiger partial charge >= 0.3 is 0 Å². The highest BCUT2D eigenvalue weighted by Gasteiger charge is 2.19. The predicted octanol–water partition coefficient (Wildman–Crippen LogP) is 2.10. The molecule has 0 saturated heterocycles. The fraction of sp³-hybridized carbons (Fsp3) is 0.750. The average molecular weight is 193 g/mol. The van der Waals surface area contributed by atoms with Gasteiger partial charge in [-0.3, -0.25) is 4.79 Å². The number of amides is 1. The monoisotopic (exact) mass is 193 g/mol. The highest BCUT2D eigenvalue weighted by Crippen LogP contribution is 2.23. The predicted molar refractivity (Wildman–Crippen MR) is 57.7 cm³/mol. The second kappa shape index (κ2) is 6.48. The average Bonchev–Trinajstić information content (AvgIpc) is 2.25. The van der Waals surface area contributed by atoms with Crippen LogP contribution in [0.5, 0.6) is 0 Å². The molecule has 1 saturated carbocycles. The van der Waals surface area contributed by atoms with Crippen LogP contribution in [0.15, 0.2) is 0 Å². The summed E-state index contributed by atoms with van der Waals surface area (Å²) in [5, 5.41) is 2.95. The summed E-state index contributed by atoms with van der Waals surface area (Å²) in [6.07, 6.45) is 6.65. The summed E-state index contributed by atoms with van der Waals surface area (Å²) in [7, 11) is 0. The smallest absolute Gasteiger partial charge is 0.223 e. The van der Waals surface area contributed by atoms with Gasteiger partial charge < -0.3 is 5.32 Å². The molecule has 0 unspecified atom stereocenters. The summed E-state index contributed by atoms with van der Waals surface area (Å²) >= 11 is 0. The number of carbonyl (C=O) groups is 1. The summed E-state index contributed by atoms with van der Waals surface area (Å²) in [5.41, 5.74) is 0. The van der Waals surface area contributed by atoms with Crippen molar-refractivity contribution >= 4 is 5.91 Å². The van der Waals surface area contributed by atoms with Crippen LogP contribution >= 0.6 is 0 Å². The molecule has 0 atom stereocenters. The van der Waals surface area contributed by atoms with Crippen molar-refractivity contribution in [3.63, 3.8) is 0 Å². The molecule has 1 aliphatic rings. The van der Waals surface area contributed by atoms with E-state index in [4.69, 9.17) is 0 Å². The van der Waals surface area contributed by atoms with E-state index in [1.807, 2.05) is 6.92 Å². The Kier molecular flexibility index (Phi) is 5.14. The van der Waals surface area contributed by atoms with Gasteiger partial charge in [-0.2, -0.15) is 0 Å². The zero-order chi connectivity index (χ0) is 10.2. The minimum atomic E-state index is 0.239. The lowest BCUT2D eigenvalue weighted by Gasteiger charge is -2.20. The molecule has 1 fully saturated rings. The van der Waals surface area contributed by atoms with Gasteiger partial charge in [-0.15, -0.1) is 11.8 Å². The zero-order valence-electron chi connectivity index (χ0n) is 8.94. The van der Waals surface area contributed by atoms with Gasteiger partial charge in [-0.05, 0) is 19.8 Å². The molecule has 0 aliphatic heterocycles. The van der Waals surface area contributed by atoms with Crippen LogP contribution in [0.1, 0.15) is 45.4 Å². The molecule has 78 valence electrons. The van der Waals surface area contributed by atoms with Gasteiger partial charge in [0, 0.05) is 18.9 Å². The van der Waals surface area contributed by atoms with Crippen LogP contribution in [0.3, 0.4) is 0 Å². The number of rotatable bonds is 3. The fourth-order valence-corrected chi connectivity index (χ4v) is 1.88. The van der Waals surface area contributed by atoms with Crippen LogP contribution in [0.25, 0.3) is 0 Å². The molecule has 0 bridgehead atoms. The van der Waals surface area contributed by atoms with Crippen molar-refractivity contribution in [3.8, 4) is 11.8 Å². The molecule has 14 heavy (non-hydrogen) atoms. The Morgan fingerprint density at radius 1 is 1.36 bits per heavy atom. The summed E-state index contributed by atoms with van der Waals surface area (Å²) in [6, 6.07) is 0. The zero-order valence-corrected chi connectivity index (χ0v) is 8.94. The lowest BCUT2D eigenvalue weighted by molar-refractivity contribution is -0.125. The van der Waals surface area contributed by atoms with Crippen molar-refractivity contribution in [3.05, 3.63) is 0 Å².